The average molecular weight is 663 g/mol. The molecule has 2 aliphatic rings. The molecule has 2 saturated carbocycles. The minimum atomic E-state index is -3.99. The van der Waals surface area contributed by atoms with Crippen molar-refractivity contribution in [3.8, 4) is 0 Å². The second kappa shape index (κ2) is 15.9. The number of rotatable bonds is 15. The Morgan fingerprint density at radius 1 is 0.800 bits per heavy atom. The molecule has 2 unspecified atom stereocenters. The first-order valence-electron chi connectivity index (χ1n) is 14.9. The summed E-state index contributed by atoms with van der Waals surface area (Å²) in [4.78, 5) is 34.1. The van der Waals surface area contributed by atoms with Crippen LogP contribution >= 0.6 is 15.0 Å². The van der Waals surface area contributed by atoms with Gasteiger partial charge >= 0.3 is 19.8 Å². The van der Waals surface area contributed by atoms with Crippen LogP contribution in [0.25, 0.3) is 0 Å². The summed E-state index contributed by atoms with van der Waals surface area (Å²) >= 11 is 0. The molecule has 11 nitrogen and oxygen atoms in total. The molecule has 0 spiro atoms. The second-order valence-corrected chi connectivity index (χ2v) is 15.8. The number of carbonyl (C=O) groups excluding carboxylic acids is 2. The van der Waals surface area contributed by atoms with Gasteiger partial charge in [0, 0.05) is 18.0 Å². The van der Waals surface area contributed by atoms with Crippen LogP contribution in [0.1, 0.15) is 44.7 Å². The lowest BCUT2D eigenvalue weighted by atomic mass is 10.2. The van der Waals surface area contributed by atoms with E-state index in [0.717, 1.165) is 11.1 Å². The molecule has 13 heteroatoms. The molecular weight excluding hydrogens is 618 g/mol. The Balaban J connectivity index is 0.000000246. The minimum Gasteiger partial charge on any atom is -0.445 e. The first-order chi connectivity index (χ1) is 21.5. The molecule has 3 N–H and O–H groups in total. The number of hydrogen-bond donors (Lipinski definition) is 3. The smallest absolute Gasteiger partial charge is 0.408 e. The van der Waals surface area contributed by atoms with Gasteiger partial charge in [-0.25, -0.2) is 9.59 Å². The highest BCUT2D eigenvalue weighted by molar-refractivity contribution is 7.61. The molecular formula is C32H44N2O9P2. The SMILES string of the molecule is C=C[C@@H]1C[C@]1(NC(=O)OCc1ccccc1)P(=O)(CC)OCC.C=C[C@@H]1C[C@]1(NC(=O)OCc1ccccc1)P(=O)(O)OCC. The zero-order chi connectivity index (χ0) is 33.1. The fourth-order valence-corrected chi connectivity index (χ4v) is 9.63. The van der Waals surface area contributed by atoms with E-state index in [0.29, 0.717) is 25.6 Å². The van der Waals surface area contributed by atoms with E-state index in [1.807, 2.05) is 67.6 Å². The van der Waals surface area contributed by atoms with Gasteiger partial charge in [0.2, 0.25) is 7.37 Å². The average Bonchev–Trinajstić information content (AvgIpc) is 3.95. The third kappa shape index (κ3) is 8.75. The monoisotopic (exact) mass is 662 g/mol. The van der Waals surface area contributed by atoms with Gasteiger partial charge in [-0.05, 0) is 37.8 Å². The maximum atomic E-state index is 13.1. The number of carbonyl (C=O) groups is 2. The summed E-state index contributed by atoms with van der Waals surface area (Å²) in [5, 5.41) is 3.10. The second-order valence-electron chi connectivity index (χ2n) is 10.7. The summed E-state index contributed by atoms with van der Waals surface area (Å²) in [7, 11) is -6.99. The van der Waals surface area contributed by atoms with Crippen LogP contribution in [-0.4, -0.2) is 47.0 Å². The first kappa shape index (κ1) is 36.3. The highest BCUT2D eigenvalue weighted by Gasteiger charge is 2.67. The first-order valence-corrected chi connectivity index (χ1v) is 18.3. The lowest BCUT2D eigenvalue weighted by molar-refractivity contribution is 0.134. The predicted octanol–water partition coefficient (Wildman–Crippen LogP) is 7.19. The van der Waals surface area contributed by atoms with Crippen molar-refractivity contribution in [1.29, 1.82) is 0 Å². The minimum absolute atomic E-state index is 0.0518. The van der Waals surface area contributed by atoms with Crippen LogP contribution in [0, 0.1) is 11.8 Å². The summed E-state index contributed by atoms with van der Waals surface area (Å²) in [6, 6.07) is 18.6. The van der Waals surface area contributed by atoms with Crippen LogP contribution in [-0.2, 0) is 40.9 Å². The number of ether oxygens (including phenoxy) is 2. The van der Waals surface area contributed by atoms with Gasteiger partial charge in [-0.2, -0.15) is 0 Å². The zero-order valence-electron chi connectivity index (χ0n) is 26.1. The van der Waals surface area contributed by atoms with E-state index in [4.69, 9.17) is 18.5 Å². The van der Waals surface area contributed by atoms with Crippen molar-refractivity contribution in [1.82, 2.24) is 10.6 Å². The number of hydrogen-bond acceptors (Lipinski definition) is 8. The molecule has 6 atom stereocenters. The molecule has 0 radical (unpaired) electrons. The third-order valence-corrected chi connectivity index (χ3v) is 13.4. The summed E-state index contributed by atoms with van der Waals surface area (Å²) in [6.07, 6.45) is 3.18. The molecule has 2 amide bonds. The van der Waals surface area contributed by atoms with Crippen molar-refractivity contribution in [2.45, 2.75) is 57.4 Å². The topological polar surface area (TPSA) is 149 Å². The van der Waals surface area contributed by atoms with Gasteiger partial charge in [0.05, 0.1) is 13.2 Å². The molecule has 0 aliphatic heterocycles. The van der Waals surface area contributed by atoms with Gasteiger partial charge in [-0.15, -0.1) is 13.2 Å². The van der Waals surface area contributed by atoms with Crippen molar-refractivity contribution >= 4 is 27.2 Å². The van der Waals surface area contributed by atoms with E-state index in [1.165, 1.54) is 0 Å². The van der Waals surface area contributed by atoms with Gasteiger partial charge in [-0.1, -0.05) is 79.7 Å². The van der Waals surface area contributed by atoms with E-state index in [1.54, 1.807) is 26.0 Å². The standard InChI is InChI=1S/C17H24NO4P.C15H20NO5P/c1-4-15-12-17(15,23(20,6-3)22-5-2)18-16(19)21-13-14-10-8-7-9-11-14;1-3-13-10-15(13,22(18,19)21-4-2)16-14(17)20-11-12-8-6-5-7-9-12/h4,7-11,15H,1,5-6,12-13H2,2-3H3,(H,18,19);3,5-9,13H,1,4,10-11H2,2H3,(H,16,17)(H,18,19)/t15-,17+,23?;13-,15+/m11/s1. The molecule has 0 saturated heterocycles. The molecule has 246 valence electrons. The zero-order valence-corrected chi connectivity index (χ0v) is 27.8. The number of nitrogens with one attached hydrogen (secondary N) is 2. The summed E-state index contributed by atoms with van der Waals surface area (Å²) in [5.74, 6) is -0.358. The van der Waals surface area contributed by atoms with E-state index in [9.17, 15) is 23.6 Å². The normalized spacial score (nSPS) is 25.5. The van der Waals surface area contributed by atoms with E-state index in [-0.39, 0.29) is 31.7 Å². The molecule has 2 aliphatic carbocycles. The fraction of sp³-hybridized carbons (Fsp3) is 0.438. The maximum absolute atomic E-state index is 13.1. The molecule has 4 rings (SSSR count). The highest BCUT2D eigenvalue weighted by Crippen LogP contribution is 2.72. The third-order valence-electron chi connectivity index (χ3n) is 7.77. The molecule has 2 aromatic rings. The quantitative estimate of drug-likeness (QED) is 0.133. The van der Waals surface area contributed by atoms with Crippen molar-refractivity contribution in [2.75, 3.05) is 19.4 Å². The summed E-state index contributed by atoms with van der Waals surface area (Å²) < 4.78 is 46.2. The van der Waals surface area contributed by atoms with E-state index >= 15 is 0 Å². The number of amides is 2. The largest absolute Gasteiger partial charge is 0.445 e. The Morgan fingerprint density at radius 2 is 1.22 bits per heavy atom. The molecule has 45 heavy (non-hydrogen) atoms. The highest BCUT2D eigenvalue weighted by atomic mass is 31.2. The number of benzene rings is 2. The van der Waals surface area contributed by atoms with Crippen molar-refractivity contribution in [3.05, 3.63) is 97.1 Å². The van der Waals surface area contributed by atoms with Gasteiger partial charge in [0.1, 0.15) is 18.5 Å². The molecule has 2 fully saturated rings. The Morgan fingerprint density at radius 3 is 1.60 bits per heavy atom. The van der Waals surface area contributed by atoms with Gasteiger partial charge < -0.3 is 34.0 Å². The lowest BCUT2D eigenvalue weighted by Gasteiger charge is -2.27. The van der Waals surface area contributed by atoms with E-state index < -0.39 is 37.7 Å². The maximum Gasteiger partial charge on any atom is 0.408 e. The fourth-order valence-electron chi connectivity index (χ4n) is 5.13. The summed E-state index contributed by atoms with van der Waals surface area (Å²) in [6.45, 7) is 13.3. The van der Waals surface area contributed by atoms with Crippen molar-refractivity contribution < 1.29 is 42.1 Å². The van der Waals surface area contributed by atoms with E-state index in [2.05, 4.69) is 23.8 Å². The van der Waals surface area contributed by atoms with Gasteiger partial charge in [0.25, 0.3) is 0 Å². The molecule has 2 aromatic carbocycles. The molecule has 0 aromatic heterocycles. The predicted molar refractivity (Wildman–Crippen MR) is 173 cm³/mol. The van der Waals surface area contributed by atoms with Crippen LogP contribution in [0.5, 0.6) is 0 Å². The van der Waals surface area contributed by atoms with Crippen molar-refractivity contribution in [2.24, 2.45) is 11.8 Å². The Kier molecular flexibility index (Phi) is 12.8. The van der Waals surface area contributed by atoms with Crippen LogP contribution in [0.4, 0.5) is 9.59 Å². The Labute approximate surface area is 265 Å². The van der Waals surface area contributed by atoms with Crippen LogP contribution in [0.3, 0.4) is 0 Å². The van der Waals surface area contributed by atoms with Gasteiger partial charge in [0.15, 0.2) is 5.28 Å². The lowest BCUT2D eigenvalue weighted by Crippen LogP contribution is -2.39. The van der Waals surface area contributed by atoms with Crippen LogP contribution in [0.2, 0.25) is 0 Å². The van der Waals surface area contributed by atoms with Crippen LogP contribution < -0.4 is 10.6 Å². The molecule has 0 heterocycles. The van der Waals surface area contributed by atoms with Gasteiger partial charge in [-0.3, -0.25) is 9.13 Å². The Bertz CT molecular complexity index is 1410. The van der Waals surface area contributed by atoms with Crippen molar-refractivity contribution in [3.63, 3.8) is 0 Å². The number of alkyl carbamates (subject to hydrolysis) is 2. The summed E-state index contributed by atoms with van der Waals surface area (Å²) in [5.41, 5.74) is 1.73. The Hall–Kier alpha value is -3.20. The molecule has 0 bridgehead atoms. The van der Waals surface area contributed by atoms with Crippen LogP contribution in [0.15, 0.2) is 86.0 Å².